The Balaban J connectivity index is 2.78. The SMILES string of the molecule is CCCC(CCl)(CCl)Cc1ccc(Br)cc1. The van der Waals surface area contributed by atoms with Gasteiger partial charge in [-0.3, -0.25) is 0 Å². The van der Waals surface area contributed by atoms with Gasteiger partial charge >= 0.3 is 0 Å². The van der Waals surface area contributed by atoms with E-state index in [1.54, 1.807) is 0 Å². The van der Waals surface area contributed by atoms with Crippen LogP contribution in [0.1, 0.15) is 25.3 Å². The molecule has 0 aromatic heterocycles. The molecule has 3 heteroatoms. The Hall–Kier alpha value is 0.280. The summed E-state index contributed by atoms with van der Waals surface area (Å²) in [4.78, 5) is 0. The largest absolute Gasteiger partial charge is 0.126 e. The third kappa shape index (κ3) is 3.94. The molecule has 0 bridgehead atoms. The normalized spacial score (nSPS) is 11.8. The Kier molecular flexibility index (Phi) is 6.17. The standard InChI is InChI=1S/C13H17BrCl2/c1-2-7-13(9-15,10-16)8-11-3-5-12(14)6-4-11/h3-6H,2,7-10H2,1H3. The topological polar surface area (TPSA) is 0 Å². The number of alkyl halides is 2. The molecule has 0 heterocycles. The van der Waals surface area contributed by atoms with Crippen molar-refractivity contribution in [2.24, 2.45) is 5.41 Å². The van der Waals surface area contributed by atoms with Gasteiger partial charge in [-0.15, -0.1) is 23.2 Å². The Labute approximate surface area is 116 Å². The molecule has 0 unspecified atom stereocenters. The lowest BCUT2D eigenvalue weighted by atomic mass is 9.81. The number of rotatable bonds is 6. The summed E-state index contributed by atoms with van der Waals surface area (Å²) < 4.78 is 1.11. The van der Waals surface area contributed by atoms with Gasteiger partial charge in [-0.1, -0.05) is 41.4 Å². The molecule has 0 aliphatic rings. The van der Waals surface area contributed by atoms with Crippen LogP contribution in [0.4, 0.5) is 0 Å². The number of halogens is 3. The second kappa shape index (κ2) is 6.88. The summed E-state index contributed by atoms with van der Waals surface area (Å²) >= 11 is 15.6. The van der Waals surface area contributed by atoms with Crippen molar-refractivity contribution < 1.29 is 0 Å². The van der Waals surface area contributed by atoms with Crippen LogP contribution in [0.2, 0.25) is 0 Å². The van der Waals surface area contributed by atoms with Crippen molar-refractivity contribution in [3.63, 3.8) is 0 Å². The van der Waals surface area contributed by atoms with E-state index < -0.39 is 0 Å². The molecule has 0 nitrogen and oxygen atoms in total. The zero-order valence-electron chi connectivity index (χ0n) is 9.48. The fraction of sp³-hybridized carbons (Fsp3) is 0.538. The van der Waals surface area contributed by atoms with Crippen LogP contribution < -0.4 is 0 Å². The summed E-state index contributed by atoms with van der Waals surface area (Å²) in [5.41, 5.74) is 1.35. The molecule has 0 spiro atoms. The van der Waals surface area contributed by atoms with Crippen molar-refractivity contribution in [3.05, 3.63) is 34.3 Å². The summed E-state index contributed by atoms with van der Waals surface area (Å²) in [5.74, 6) is 1.25. The molecule has 0 fully saturated rings. The molecule has 0 aliphatic carbocycles. The predicted octanol–water partition coefficient (Wildman–Crippen LogP) is 5.26. The van der Waals surface area contributed by atoms with E-state index in [0.29, 0.717) is 11.8 Å². The van der Waals surface area contributed by atoms with Crippen molar-refractivity contribution in [3.8, 4) is 0 Å². The van der Waals surface area contributed by atoms with E-state index >= 15 is 0 Å². The average Bonchev–Trinajstić information content (AvgIpc) is 2.31. The minimum atomic E-state index is 0.0473. The predicted molar refractivity (Wildman–Crippen MR) is 76.6 cm³/mol. The summed E-state index contributed by atoms with van der Waals surface area (Å²) in [7, 11) is 0. The van der Waals surface area contributed by atoms with Gasteiger partial charge in [0.15, 0.2) is 0 Å². The summed E-state index contributed by atoms with van der Waals surface area (Å²) in [6.45, 7) is 2.18. The van der Waals surface area contributed by atoms with Gasteiger partial charge in [0.1, 0.15) is 0 Å². The molecule has 90 valence electrons. The first-order chi connectivity index (χ1) is 7.65. The number of benzene rings is 1. The monoisotopic (exact) mass is 322 g/mol. The maximum Gasteiger partial charge on any atom is 0.0294 e. The lowest BCUT2D eigenvalue weighted by molar-refractivity contribution is 0.341. The van der Waals surface area contributed by atoms with E-state index in [1.165, 1.54) is 5.56 Å². The molecule has 16 heavy (non-hydrogen) atoms. The molecule has 0 atom stereocenters. The van der Waals surface area contributed by atoms with Crippen molar-refractivity contribution >= 4 is 39.1 Å². The zero-order chi connectivity index (χ0) is 12.0. The molecular weight excluding hydrogens is 307 g/mol. The van der Waals surface area contributed by atoms with Crippen LogP contribution in [0.3, 0.4) is 0 Å². The van der Waals surface area contributed by atoms with Crippen LogP contribution in [0.25, 0.3) is 0 Å². The van der Waals surface area contributed by atoms with Gasteiger partial charge < -0.3 is 0 Å². The fourth-order valence-corrected chi connectivity index (χ4v) is 2.92. The van der Waals surface area contributed by atoms with Crippen LogP contribution in [-0.2, 0) is 6.42 Å². The molecule has 0 N–H and O–H groups in total. The Bertz CT molecular complexity index is 304. The quantitative estimate of drug-likeness (QED) is 0.627. The minimum absolute atomic E-state index is 0.0473. The number of hydrogen-bond acceptors (Lipinski definition) is 0. The molecule has 0 aliphatic heterocycles. The molecule has 1 aromatic rings. The second-order valence-corrected chi connectivity index (χ2v) is 5.77. The molecule has 0 amide bonds. The maximum absolute atomic E-state index is 6.09. The lowest BCUT2D eigenvalue weighted by Gasteiger charge is -2.29. The van der Waals surface area contributed by atoms with Crippen molar-refractivity contribution in [1.82, 2.24) is 0 Å². The highest BCUT2D eigenvalue weighted by molar-refractivity contribution is 9.10. The van der Waals surface area contributed by atoms with Gasteiger partial charge in [0.2, 0.25) is 0 Å². The van der Waals surface area contributed by atoms with Crippen LogP contribution in [0.15, 0.2) is 28.7 Å². The second-order valence-electron chi connectivity index (χ2n) is 4.32. The van der Waals surface area contributed by atoms with Gasteiger partial charge in [-0.25, -0.2) is 0 Å². The van der Waals surface area contributed by atoms with Gasteiger partial charge in [-0.2, -0.15) is 0 Å². The molecule has 1 aromatic carbocycles. The van der Waals surface area contributed by atoms with Gasteiger partial charge in [0.05, 0.1) is 0 Å². The Morgan fingerprint density at radius 2 is 1.69 bits per heavy atom. The van der Waals surface area contributed by atoms with Crippen LogP contribution in [0.5, 0.6) is 0 Å². The van der Waals surface area contributed by atoms with Crippen LogP contribution in [-0.4, -0.2) is 11.8 Å². The first kappa shape index (κ1) is 14.3. The maximum atomic E-state index is 6.09. The van der Waals surface area contributed by atoms with Crippen molar-refractivity contribution in [2.75, 3.05) is 11.8 Å². The first-order valence-electron chi connectivity index (χ1n) is 5.52. The van der Waals surface area contributed by atoms with Crippen molar-refractivity contribution in [1.29, 1.82) is 0 Å². The van der Waals surface area contributed by atoms with E-state index in [0.717, 1.165) is 23.7 Å². The smallest absolute Gasteiger partial charge is 0.0294 e. The first-order valence-corrected chi connectivity index (χ1v) is 7.38. The highest BCUT2D eigenvalue weighted by Crippen LogP contribution is 2.32. The highest BCUT2D eigenvalue weighted by atomic mass is 79.9. The van der Waals surface area contributed by atoms with E-state index in [-0.39, 0.29) is 5.41 Å². The molecule has 0 saturated carbocycles. The van der Waals surface area contributed by atoms with Crippen LogP contribution in [0, 0.1) is 5.41 Å². The Morgan fingerprint density at radius 1 is 1.12 bits per heavy atom. The summed E-state index contributed by atoms with van der Waals surface area (Å²) in [6, 6.07) is 8.39. The lowest BCUT2D eigenvalue weighted by Crippen LogP contribution is -2.27. The molecule has 0 saturated heterocycles. The molecule has 1 rings (SSSR count). The summed E-state index contributed by atoms with van der Waals surface area (Å²) in [6.07, 6.45) is 3.16. The van der Waals surface area contributed by atoms with Crippen LogP contribution >= 0.6 is 39.1 Å². The summed E-state index contributed by atoms with van der Waals surface area (Å²) in [5, 5.41) is 0. The van der Waals surface area contributed by atoms with Gasteiger partial charge in [0.25, 0.3) is 0 Å². The Morgan fingerprint density at radius 3 is 2.12 bits per heavy atom. The number of hydrogen-bond donors (Lipinski definition) is 0. The molecular formula is C13H17BrCl2. The van der Waals surface area contributed by atoms with E-state index in [9.17, 15) is 0 Å². The minimum Gasteiger partial charge on any atom is -0.126 e. The average molecular weight is 324 g/mol. The third-order valence-electron chi connectivity index (χ3n) is 2.84. The van der Waals surface area contributed by atoms with E-state index in [2.05, 4.69) is 47.1 Å². The van der Waals surface area contributed by atoms with E-state index in [1.807, 2.05) is 0 Å². The zero-order valence-corrected chi connectivity index (χ0v) is 12.6. The molecule has 0 radical (unpaired) electrons. The highest BCUT2D eigenvalue weighted by Gasteiger charge is 2.27. The van der Waals surface area contributed by atoms with Gasteiger partial charge in [-0.05, 0) is 30.5 Å². The van der Waals surface area contributed by atoms with Crippen molar-refractivity contribution in [2.45, 2.75) is 26.2 Å². The third-order valence-corrected chi connectivity index (χ3v) is 4.50. The van der Waals surface area contributed by atoms with E-state index in [4.69, 9.17) is 23.2 Å². The fourth-order valence-electron chi connectivity index (χ4n) is 1.92. The van der Waals surface area contributed by atoms with Gasteiger partial charge in [0, 0.05) is 21.6 Å².